The summed E-state index contributed by atoms with van der Waals surface area (Å²) in [5.41, 5.74) is -0.575. The first-order valence-electron chi connectivity index (χ1n) is 12.9. The molecule has 9 N–H and O–H groups in total. The maximum Gasteiger partial charge on any atom is 0.229 e. The topological polar surface area (TPSA) is 249 Å². The molecule has 15 nitrogen and oxygen atoms in total. The van der Waals surface area contributed by atoms with Crippen LogP contribution in [0.2, 0.25) is 0 Å². The maximum atomic E-state index is 12.8. The van der Waals surface area contributed by atoms with Crippen molar-refractivity contribution >= 4 is 11.0 Å². The van der Waals surface area contributed by atoms with Crippen LogP contribution in [0.4, 0.5) is 0 Å². The van der Waals surface area contributed by atoms with E-state index < -0.39 is 84.9 Å². The fourth-order valence-electron chi connectivity index (χ4n) is 4.84. The number of hydrogen-bond donors (Lipinski definition) is 9. The number of aliphatic hydroxyl groups is 6. The van der Waals surface area contributed by atoms with Crippen LogP contribution in [0.1, 0.15) is 6.92 Å². The van der Waals surface area contributed by atoms with Crippen molar-refractivity contribution in [1.29, 1.82) is 0 Å². The summed E-state index contributed by atoms with van der Waals surface area (Å²) in [7, 11) is 0. The standard InChI is InChI=1S/C27H30O15/c1-9-20(33)22(35)24(37)26(38-9)42-25-23(36)21(34)18(8-28)41-27(25)39-11-5-14(31)19-15(32)7-16(40-17(19)6-11)10-2-3-12(29)13(30)4-10/h2-7,9,18,20-31,33-37H,8H2,1H3/t9-,18+,20-,21+,22+,23-,24+,25+,26-,27+/m0/s1. The van der Waals surface area contributed by atoms with Gasteiger partial charge in [-0.1, -0.05) is 0 Å². The number of hydrogen-bond acceptors (Lipinski definition) is 15. The van der Waals surface area contributed by atoms with Gasteiger partial charge in [0.25, 0.3) is 0 Å². The van der Waals surface area contributed by atoms with Gasteiger partial charge in [0.15, 0.2) is 29.3 Å². The Morgan fingerprint density at radius 1 is 0.786 bits per heavy atom. The third kappa shape index (κ3) is 5.49. The van der Waals surface area contributed by atoms with Crippen LogP contribution < -0.4 is 10.2 Å². The lowest BCUT2D eigenvalue weighted by Gasteiger charge is -2.45. The van der Waals surface area contributed by atoms with Crippen molar-refractivity contribution in [2.45, 2.75) is 68.3 Å². The molecule has 0 amide bonds. The van der Waals surface area contributed by atoms with Crippen molar-refractivity contribution in [2.24, 2.45) is 0 Å². The molecule has 2 aromatic carbocycles. The van der Waals surface area contributed by atoms with Crippen molar-refractivity contribution < 1.29 is 69.3 Å². The van der Waals surface area contributed by atoms with E-state index in [2.05, 4.69) is 0 Å². The van der Waals surface area contributed by atoms with Crippen LogP contribution >= 0.6 is 0 Å². The van der Waals surface area contributed by atoms with Crippen molar-refractivity contribution in [2.75, 3.05) is 6.61 Å². The minimum absolute atomic E-state index is 0.0216. The first-order valence-corrected chi connectivity index (χ1v) is 12.9. The van der Waals surface area contributed by atoms with E-state index in [1.807, 2.05) is 0 Å². The van der Waals surface area contributed by atoms with E-state index in [1.165, 1.54) is 25.1 Å². The van der Waals surface area contributed by atoms with Gasteiger partial charge >= 0.3 is 0 Å². The third-order valence-corrected chi connectivity index (χ3v) is 7.22. The van der Waals surface area contributed by atoms with Crippen LogP contribution in [-0.4, -0.2) is 114 Å². The lowest BCUT2D eigenvalue weighted by molar-refractivity contribution is -0.354. The van der Waals surface area contributed by atoms with E-state index >= 15 is 0 Å². The highest BCUT2D eigenvalue weighted by molar-refractivity contribution is 5.86. The summed E-state index contributed by atoms with van der Waals surface area (Å²) in [6, 6.07) is 7.08. The molecule has 0 aliphatic carbocycles. The molecule has 0 unspecified atom stereocenters. The van der Waals surface area contributed by atoms with E-state index in [0.29, 0.717) is 0 Å². The predicted molar refractivity (Wildman–Crippen MR) is 139 cm³/mol. The molecule has 10 atom stereocenters. The zero-order valence-electron chi connectivity index (χ0n) is 21.9. The average molecular weight is 595 g/mol. The molecule has 2 fully saturated rings. The SMILES string of the molecule is C[C@@H]1O[C@@H](O[C@H]2[C@H](Oc3cc(O)c4c(=O)cc(-c5ccc(O)c(O)c5)oc4c3)O[C@H](CO)[C@@H](O)[C@@H]2O)[C@H](O)[C@H](O)[C@H]1O. The number of aliphatic hydroxyl groups excluding tert-OH is 6. The highest BCUT2D eigenvalue weighted by Crippen LogP contribution is 2.36. The Kier molecular flexibility index (Phi) is 8.30. The normalized spacial score (nSPS) is 33.5. The van der Waals surface area contributed by atoms with Crippen molar-refractivity contribution in [1.82, 2.24) is 0 Å². The van der Waals surface area contributed by atoms with E-state index in [1.54, 1.807) is 0 Å². The summed E-state index contributed by atoms with van der Waals surface area (Å²) in [4.78, 5) is 12.8. The summed E-state index contributed by atoms with van der Waals surface area (Å²) in [6.45, 7) is 0.671. The summed E-state index contributed by atoms with van der Waals surface area (Å²) in [6.07, 6.45) is -15.5. The Morgan fingerprint density at radius 2 is 1.52 bits per heavy atom. The fraction of sp³-hybridized carbons (Fsp3) is 0.444. The Hall–Kier alpha value is -3.51. The van der Waals surface area contributed by atoms with E-state index in [9.17, 15) is 50.8 Å². The second-order valence-electron chi connectivity index (χ2n) is 10.1. The molecule has 3 aromatic rings. The molecule has 42 heavy (non-hydrogen) atoms. The number of benzene rings is 2. The molecule has 2 saturated heterocycles. The zero-order chi connectivity index (χ0) is 30.5. The Bertz CT molecular complexity index is 1490. The molecule has 15 heteroatoms. The number of fused-ring (bicyclic) bond motifs is 1. The molecule has 2 aliphatic heterocycles. The van der Waals surface area contributed by atoms with Crippen LogP contribution in [0, 0.1) is 0 Å². The van der Waals surface area contributed by atoms with E-state index in [-0.39, 0.29) is 33.8 Å². The Morgan fingerprint density at radius 3 is 2.21 bits per heavy atom. The maximum absolute atomic E-state index is 12.8. The molecular formula is C27H30O15. The molecule has 5 rings (SSSR count). The molecule has 0 radical (unpaired) electrons. The minimum atomic E-state index is -1.78. The van der Waals surface area contributed by atoms with Gasteiger partial charge in [0, 0.05) is 23.8 Å². The van der Waals surface area contributed by atoms with Gasteiger partial charge in [-0.05, 0) is 25.1 Å². The van der Waals surface area contributed by atoms with Gasteiger partial charge in [-0.2, -0.15) is 0 Å². The summed E-state index contributed by atoms with van der Waals surface area (Å²) >= 11 is 0. The van der Waals surface area contributed by atoms with Crippen molar-refractivity contribution in [3.05, 3.63) is 46.6 Å². The Labute approximate surface area is 236 Å². The number of rotatable bonds is 6. The monoisotopic (exact) mass is 594 g/mol. The number of aromatic hydroxyl groups is 3. The molecule has 0 bridgehead atoms. The first kappa shape index (κ1) is 30.0. The third-order valence-electron chi connectivity index (χ3n) is 7.22. The van der Waals surface area contributed by atoms with Crippen LogP contribution in [0.5, 0.6) is 23.0 Å². The molecule has 0 saturated carbocycles. The lowest BCUT2D eigenvalue weighted by Crippen LogP contribution is -2.64. The largest absolute Gasteiger partial charge is 0.507 e. The summed E-state index contributed by atoms with van der Waals surface area (Å²) in [5.74, 6) is -1.60. The van der Waals surface area contributed by atoms with Gasteiger partial charge in [-0.3, -0.25) is 4.79 Å². The molecule has 3 heterocycles. The lowest BCUT2D eigenvalue weighted by atomic mass is 9.97. The van der Waals surface area contributed by atoms with Crippen molar-refractivity contribution in [3.63, 3.8) is 0 Å². The van der Waals surface area contributed by atoms with Gasteiger partial charge in [0.05, 0.1) is 12.7 Å². The van der Waals surface area contributed by atoms with Crippen LogP contribution in [0.3, 0.4) is 0 Å². The number of ether oxygens (including phenoxy) is 4. The second kappa shape index (κ2) is 11.6. The van der Waals surface area contributed by atoms with Gasteiger partial charge < -0.3 is 69.3 Å². The zero-order valence-corrected chi connectivity index (χ0v) is 21.9. The molecule has 0 spiro atoms. The summed E-state index contributed by atoms with van der Waals surface area (Å²) in [5, 5.41) is 91.2. The van der Waals surface area contributed by atoms with Gasteiger partial charge in [0.2, 0.25) is 6.29 Å². The number of phenols is 3. The quantitative estimate of drug-likeness (QED) is 0.149. The average Bonchev–Trinajstić information content (AvgIpc) is 2.95. The fourth-order valence-corrected chi connectivity index (χ4v) is 4.84. The van der Waals surface area contributed by atoms with Crippen molar-refractivity contribution in [3.8, 4) is 34.3 Å². The van der Waals surface area contributed by atoms with Gasteiger partial charge in [-0.15, -0.1) is 0 Å². The first-order chi connectivity index (χ1) is 19.9. The van der Waals surface area contributed by atoms with Crippen LogP contribution in [0.25, 0.3) is 22.3 Å². The van der Waals surface area contributed by atoms with Gasteiger partial charge in [-0.25, -0.2) is 0 Å². The van der Waals surface area contributed by atoms with Gasteiger partial charge in [0.1, 0.15) is 64.9 Å². The predicted octanol–water partition coefficient (Wildman–Crippen LogP) is -1.39. The Balaban J connectivity index is 1.48. The highest BCUT2D eigenvalue weighted by Gasteiger charge is 2.50. The molecule has 1 aromatic heterocycles. The van der Waals surface area contributed by atoms with Crippen LogP contribution in [-0.2, 0) is 14.2 Å². The molecular weight excluding hydrogens is 564 g/mol. The summed E-state index contributed by atoms with van der Waals surface area (Å²) < 4.78 is 28.3. The highest BCUT2D eigenvalue weighted by atomic mass is 16.8. The van der Waals surface area contributed by atoms with E-state index in [4.69, 9.17) is 23.4 Å². The molecule has 2 aliphatic rings. The number of phenolic OH excluding ortho intramolecular Hbond substituents is 3. The second-order valence-corrected chi connectivity index (χ2v) is 10.1. The minimum Gasteiger partial charge on any atom is -0.507 e. The van der Waals surface area contributed by atoms with Crippen LogP contribution in [0.15, 0.2) is 45.6 Å². The molecule has 228 valence electrons. The smallest absolute Gasteiger partial charge is 0.229 e. The van der Waals surface area contributed by atoms with E-state index in [0.717, 1.165) is 18.2 Å².